The second-order valence-electron chi connectivity index (χ2n) is 6.29. The number of rotatable bonds is 7. The number of methoxy groups -OCH3 is 1. The van der Waals surface area contributed by atoms with Crippen LogP contribution in [0, 0.1) is 6.92 Å². The maximum atomic E-state index is 5.39. The maximum Gasteiger partial charge on any atom is 0.191 e. The Morgan fingerprint density at radius 3 is 2.67 bits per heavy atom. The molecule has 1 aromatic heterocycles. The molecule has 27 heavy (non-hydrogen) atoms. The number of aliphatic imine (C=N–C) groups is 1. The lowest BCUT2D eigenvalue weighted by molar-refractivity contribution is 0.411. The van der Waals surface area contributed by atoms with Gasteiger partial charge in [-0.25, -0.2) is 4.98 Å². The van der Waals surface area contributed by atoms with E-state index in [0.29, 0.717) is 6.54 Å². The fourth-order valence-electron chi connectivity index (χ4n) is 2.72. The van der Waals surface area contributed by atoms with Crippen molar-refractivity contribution in [2.24, 2.45) is 4.99 Å². The highest BCUT2D eigenvalue weighted by Gasteiger charge is 2.06. The normalized spacial score (nSPS) is 10.8. The molecular formula is C20H30IN5O. The molecule has 0 saturated heterocycles. The van der Waals surface area contributed by atoms with E-state index in [1.807, 2.05) is 38.2 Å². The molecular weight excluding hydrogens is 453 g/mol. The Kier molecular flexibility index (Phi) is 9.92. The molecule has 0 aliphatic carbocycles. The zero-order valence-electron chi connectivity index (χ0n) is 16.7. The molecule has 148 valence electrons. The topological polar surface area (TPSA) is 61.8 Å². The van der Waals surface area contributed by atoms with Crippen LogP contribution in [0.3, 0.4) is 0 Å². The molecule has 0 radical (unpaired) electrons. The Morgan fingerprint density at radius 2 is 2.00 bits per heavy atom. The first-order valence-electron chi connectivity index (χ1n) is 8.74. The molecule has 6 nitrogen and oxygen atoms in total. The molecule has 2 aromatic rings. The zero-order chi connectivity index (χ0) is 18.9. The van der Waals surface area contributed by atoms with Gasteiger partial charge in [0.05, 0.1) is 7.11 Å². The van der Waals surface area contributed by atoms with Gasteiger partial charge in [-0.1, -0.05) is 18.2 Å². The number of aromatic nitrogens is 1. The predicted octanol–water partition coefficient (Wildman–Crippen LogP) is 2.99. The largest absolute Gasteiger partial charge is 0.496 e. The van der Waals surface area contributed by atoms with E-state index in [4.69, 9.17) is 4.74 Å². The third-order valence-corrected chi connectivity index (χ3v) is 4.14. The average Bonchev–Trinajstić information content (AvgIpc) is 2.65. The summed E-state index contributed by atoms with van der Waals surface area (Å²) in [6.07, 6.45) is 2.70. The van der Waals surface area contributed by atoms with Crippen molar-refractivity contribution in [1.82, 2.24) is 15.6 Å². The molecule has 0 spiro atoms. The first-order chi connectivity index (χ1) is 12.5. The van der Waals surface area contributed by atoms with Crippen molar-refractivity contribution in [3.63, 3.8) is 0 Å². The molecule has 1 aromatic carbocycles. The maximum absolute atomic E-state index is 5.39. The Labute approximate surface area is 179 Å². The number of benzene rings is 1. The quantitative estimate of drug-likeness (QED) is 0.360. The first-order valence-corrected chi connectivity index (χ1v) is 8.74. The van der Waals surface area contributed by atoms with Gasteiger partial charge in [0.15, 0.2) is 5.96 Å². The van der Waals surface area contributed by atoms with Crippen LogP contribution in [0.2, 0.25) is 0 Å². The van der Waals surface area contributed by atoms with Gasteiger partial charge in [0.1, 0.15) is 11.6 Å². The van der Waals surface area contributed by atoms with E-state index < -0.39 is 0 Å². The Balaban J connectivity index is 0.00000364. The number of aryl methyl sites for hydroxylation is 1. The van der Waals surface area contributed by atoms with E-state index in [-0.39, 0.29) is 24.0 Å². The van der Waals surface area contributed by atoms with Crippen LogP contribution in [0.15, 0.2) is 41.5 Å². The number of hydrogen-bond acceptors (Lipinski definition) is 4. The van der Waals surface area contributed by atoms with Gasteiger partial charge in [-0.2, -0.15) is 0 Å². The average molecular weight is 483 g/mol. The minimum atomic E-state index is 0. The van der Waals surface area contributed by atoms with Crippen molar-refractivity contribution >= 4 is 35.8 Å². The fraction of sp³-hybridized carbons (Fsp3) is 0.400. The van der Waals surface area contributed by atoms with Crippen molar-refractivity contribution in [1.29, 1.82) is 0 Å². The van der Waals surface area contributed by atoms with Crippen molar-refractivity contribution in [3.05, 3.63) is 53.2 Å². The molecule has 0 fully saturated rings. The van der Waals surface area contributed by atoms with Gasteiger partial charge >= 0.3 is 0 Å². The molecule has 0 unspecified atom stereocenters. The highest BCUT2D eigenvalue weighted by Crippen LogP contribution is 2.19. The van der Waals surface area contributed by atoms with Gasteiger partial charge in [-0.3, -0.25) is 4.99 Å². The molecule has 0 saturated carbocycles. The molecule has 2 rings (SSSR count). The predicted molar refractivity (Wildman–Crippen MR) is 124 cm³/mol. The van der Waals surface area contributed by atoms with Crippen molar-refractivity contribution < 1.29 is 4.74 Å². The Bertz CT molecular complexity index is 749. The van der Waals surface area contributed by atoms with Gasteiger partial charge in [0, 0.05) is 46.0 Å². The fourth-order valence-corrected chi connectivity index (χ4v) is 2.72. The lowest BCUT2D eigenvalue weighted by Gasteiger charge is -2.17. The summed E-state index contributed by atoms with van der Waals surface area (Å²) in [4.78, 5) is 10.7. The molecule has 0 aliphatic rings. The van der Waals surface area contributed by atoms with Crippen LogP contribution < -0.4 is 20.3 Å². The summed E-state index contributed by atoms with van der Waals surface area (Å²) in [7, 11) is 7.47. The SMILES string of the molecule is CN=C(NCCc1ccc(C)c(OC)c1)NCc1cccnc1N(C)C.I. The third-order valence-electron chi connectivity index (χ3n) is 4.14. The number of guanidine groups is 1. The Hall–Kier alpha value is -2.03. The van der Waals surface area contributed by atoms with Crippen LogP contribution in [-0.4, -0.2) is 45.7 Å². The number of hydrogen-bond donors (Lipinski definition) is 2. The molecule has 1 heterocycles. The lowest BCUT2D eigenvalue weighted by Crippen LogP contribution is -2.38. The molecule has 0 bridgehead atoms. The van der Waals surface area contributed by atoms with E-state index in [1.54, 1.807) is 14.2 Å². The molecule has 0 aliphatic heterocycles. The molecule has 7 heteroatoms. The summed E-state index contributed by atoms with van der Waals surface area (Å²) in [6, 6.07) is 10.3. The number of nitrogens with one attached hydrogen (secondary N) is 2. The van der Waals surface area contributed by atoms with Crippen LogP contribution in [0.4, 0.5) is 5.82 Å². The summed E-state index contributed by atoms with van der Waals surface area (Å²) >= 11 is 0. The lowest BCUT2D eigenvalue weighted by atomic mass is 10.1. The van der Waals surface area contributed by atoms with Crippen molar-refractivity contribution in [3.8, 4) is 5.75 Å². The molecule has 0 atom stereocenters. The summed E-state index contributed by atoms with van der Waals surface area (Å²) < 4.78 is 5.39. The first kappa shape index (κ1) is 23.0. The van der Waals surface area contributed by atoms with E-state index in [9.17, 15) is 0 Å². The number of pyridine rings is 1. The van der Waals surface area contributed by atoms with Gasteiger partial charge in [0.2, 0.25) is 0 Å². The monoisotopic (exact) mass is 483 g/mol. The van der Waals surface area contributed by atoms with Crippen LogP contribution in [0.25, 0.3) is 0 Å². The second kappa shape index (κ2) is 11.6. The van der Waals surface area contributed by atoms with Gasteiger partial charge < -0.3 is 20.3 Å². The van der Waals surface area contributed by atoms with E-state index in [1.165, 1.54) is 5.56 Å². The standard InChI is InChI=1S/C20H29N5O.HI/c1-15-8-9-16(13-18(15)26-5)10-12-23-20(21-2)24-14-17-7-6-11-22-19(17)25(3)4;/h6-9,11,13H,10,12,14H2,1-5H3,(H2,21,23,24);1H. The van der Waals surface area contributed by atoms with E-state index in [0.717, 1.165) is 41.6 Å². The van der Waals surface area contributed by atoms with Crippen LogP contribution >= 0.6 is 24.0 Å². The van der Waals surface area contributed by atoms with Gasteiger partial charge in [0.25, 0.3) is 0 Å². The zero-order valence-corrected chi connectivity index (χ0v) is 19.1. The van der Waals surface area contributed by atoms with Crippen LogP contribution in [0.5, 0.6) is 5.75 Å². The second-order valence-corrected chi connectivity index (χ2v) is 6.29. The highest BCUT2D eigenvalue weighted by atomic mass is 127. The van der Waals surface area contributed by atoms with E-state index >= 15 is 0 Å². The number of nitrogens with zero attached hydrogens (tertiary/aromatic N) is 3. The third kappa shape index (κ3) is 6.89. The minimum absolute atomic E-state index is 0. The van der Waals surface area contributed by atoms with Gasteiger partial charge in [-0.15, -0.1) is 24.0 Å². The number of ether oxygens (including phenoxy) is 1. The van der Waals surface area contributed by atoms with Crippen molar-refractivity contribution in [2.75, 3.05) is 39.7 Å². The van der Waals surface area contributed by atoms with Crippen LogP contribution in [-0.2, 0) is 13.0 Å². The number of anilines is 1. The molecule has 0 amide bonds. The Morgan fingerprint density at radius 1 is 1.22 bits per heavy atom. The van der Waals surface area contributed by atoms with E-state index in [2.05, 4.69) is 44.9 Å². The smallest absolute Gasteiger partial charge is 0.191 e. The highest BCUT2D eigenvalue weighted by molar-refractivity contribution is 14.0. The summed E-state index contributed by atoms with van der Waals surface area (Å²) in [5.41, 5.74) is 3.51. The number of halogens is 1. The summed E-state index contributed by atoms with van der Waals surface area (Å²) in [5.74, 6) is 2.66. The van der Waals surface area contributed by atoms with Gasteiger partial charge in [-0.05, 0) is 36.6 Å². The summed E-state index contributed by atoms with van der Waals surface area (Å²) in [6.45, 7) is 3.51. The van der Waals surface area contributed by atoms with Crippen LogP contribution in [0.1, 0.15) is 16.7 Å². The molecule has 2 N–H and O–H groups in total. The minimum Gasteiger partial charge on any atom is -0.496 e. The van der Waals surface area contributed by atoms with Crippen molar-refractivity contribution in [2.45, 2.75) is 19.9 Å². The summed E-state index contributed by atoms with van der Waals surface area (Å²) in [5, 5.41) is 6.70.